The van der Waals surface area contributed by atoms with Crippen molar-refractivity contribution in [2.45, 2.75) is 32.2 Å². The lowest BCUT2D eigenvalue weighted by molar-refractivity contribution is -0.132. The molecule has 5 nitrogen and oxygen atoms in total. The van der Waals surface area contributed by atoms with Crippen molar-refractivity contribution >= 4 is 27.5 Å². The number of amides is 1. The van der Waals surface area contributed by atoms with Crippen LogP contribution in [0.2, 0.25) is 0 Å². The number of thiazole rings is 1. The van der Waals surface area contributed by atoms with Gasteiger partial charge in [0.1, 0.15) is 0 Å². The fourth-order valence-corrected chi connectivity index (χ4v) is 4.02. The van der Waals surface area contributed by atoms with Crippen molar-refractivity contribution in [1.29, 1.82) is 0 Å². The van der Waals surface area contributed by atoms with Gasteiger partial charge in [-0.2, -0.15) is 5.10 Å². The number of aryl methyl sites for hydroxylation is 1. The number of H-pyrrole nitrogens is 1. The van der Waals surface area contributed by atoms with E-state index in [-0.39, 0.29) is 5.91 Å². The summed E-state index contributed by atoms with van der Waals surface area (Å²) in [6, 6.07) is 8.18. The molecule has 0 fully saturated rings. The molecule has 3 heterocycles. The number of hydrogen-bond acceptors (Lipinski definition) is 4. The summed E-state index contributed by atoms with van der Waals surface area (Å²) in [4.78, 5) is 18.9. The van der Waals surface area contributed by atoms with Crippen LogP contribution in [0.3, 0.4) is 0 Å². The second-order valence-electron chi connectivity index (χ2n) is 5.87. The number of benzene rings is 1. The third-order valence-electron chi connectivity index (χ3n) is 4.27. The van der Waals surface area contributed by atoms with E-state index < -0.39 is 0 Å². The van der Waals surface area contributed by atoms with Crippen molar-refractivity contribution in [1.82, 2.24) is 20.1 Å². The van der Waals surface area contributed by atoms with Gasteiger partial charge in [0.25, 0.3) is 0 Å². The molecule has 3 aromatic rings. The maximum atomic E-state index is 12.4. The average molecular weight is 326 g/mol. The van der Waals surface area contributed by atoms with E-state index in [1.165, 1.54) is 10.4 Å². The van der Waals surface area contributed by atoms with Crippen LogP contribution < -0.4 is 0 Å². The molecule has 0 unspecified atom stereocenters. The Morgan fingerprint density at radius 1 is 1.35 bits per heavy atom. The van der Waals surface area contributed by atoms with Gasteiger partial charge in [-0.15, -0.1) is 11.3 Å². The third kappa shape index (κ3) is 2.99. The highest BCUT2D eigenvalue weighted by Crippen LogP contribution is 2.23. The smallest absolute Gasteiger partial charge is 0.222 e. The molecule has 0 saturated carbocycles. The number of fused-ring (bicyclic) bond motifs is 2. The van der Waals surface area contributed by atoms with Gasteiger partial charge in [0.05, 0.1) is 21.4 Å². The van der Waals surface area contributed by atoms with Gasteiger partial charge >= 0.3 is 0 Å². The molecule has 0 saturated heterocycles. The number of hydrogen-bond donors (Lipinski definition) is 1. The molecule has 1 aliphatic rings. The summed E-state index contributed by atoms with van der Waals surface area (Å²) in [6.45, 7) is 1.47. The highest BCUT2D eigenvalue weighted by Gasteiger charge is 2.21. The third-order valence-corrected chi connectivity index (χ3v) is 5.37. The molecule has 2 aromatic heterocycles. The van der Waals surface area contributed by atoms with Gasteiger partial charge in [-0.25, -0.2) is 4.98 Å². The fraction of sp³-hybridized carbons (Fsp3) is 0.353. The normalized spacial score (nSPS) is 14.2. The summed E-state index contributed by atoms with van der Waals surface area (Å²) in [5, 5.41) is 8.17. The van der Waals surface area contributed by atoms with Crippen LogP contribution in [0.1, 0.15) is 29.1 Å². The summed E-state index contributed by atoms with van der Waals surface area (Å²) in [7, 11) is 0. The molecular weight excluding hydrogens is 308 g/mol. The summed E-state index contributed by atoms with van der Waals surface area (Å²) < 4.78 is 1.22. The maximum Gasteiger partial charge on any atom is 0.222 e. The molecule has 4 rings (SSSR count). The van der Waals surface area contributed by atoms with Crippen LogP contribution in [0.4, 0.5) is 0 Å². The molecular formula is C17H18N4OS. The van der Waals surface area contributed by atoms with Gasteiger partial charge in [0.2, 0.25) is 5.91 Å². The Morgan fingerprint density at radius 3 is 3.17 bits per heavy atom. The van der Waals surface area contributed by atoms with Crippen LogP contribution in [0.25, 0.3) is 10.2 Å². The minimum atomic E-state index is 0.234. The second kappa shape index (κ2) is 6.12. The second-order valence-corrected chi connectivity index (χ2v) is 6.98. The first-order valence-corrected chi connectivity index (χ1v) is 8.74. The van der Waals surface area contributed by atoms with Gasteiger partial charge in [0, 0.05) is 37.2 Å². The van der Waals surface area contributed by atoms with Crippen molar-refractivity contribution < 1.29 is 4.79 Å². The Bertz CT molecular complexity index is 805. The Kier molecular flexibility index (Phi) is 3.83. The van der Waals surface area contributed by atoms with E-state index >= 15 is 0 Å². The number of nitrogens with zero attached hydrogens (tertiary/aromatic N) is 3. The molecule has 1 amide bonds. The zero-order valence-corrected chi connectivity index (χ0v) is 13.6. The fourth-order valence-electron chi connectivity index (χ4n) is 3.01. The number of nitrogens with one attached hydrogen (secondary N) is 1. The first-order valence-electron chi connectivity index (χ1n) is 7.93. The van der Waals surface area contributed by atoms with E-state index in [2.05, 4.69) is 21.2 Å². The van der Waals surface area contributed by atoms with Gasteiger partial charge in [-0.3, -0.25) is 9.89 Å². The molecule has 0 bridgehead atoms. The number of para-hydroxylation sites is 1. The molecule has 0 aliphatic carbocycles. The van der Waals surface area contributed by atoms with Crippen molar-refractivity contribution in [3.63, 3.8) is 0 Å². The number of rotatable bonds is 4. The molecule has 1 aromatic carbocycles. The Hall–Kier alpha value is -2.21. The monoisotopic (exact) mass is 326 g/mol. The van der Waals surface area contributed by atoms with Crippen molar-refractivity contribution in [3.8, 4) is 0 Å². The lowest BCUT2D eigenvalue weighted by Gasteiger charge is -2.26. The first-order chi connectivity index (χ1) is 11.3. The lowest BCUT2D eigenvalue weighted by Crippen LogP contribution is -2.35. The van der Waals surface area contributed by atoms with Crippen LogP contribution in [0.15, 0.2) is 30.5 Å². The number of carbonyl (C=O) groups excluding carboxylic acids is 1. The Morgan fingerprint density at radius 2 is 2.26 bits per heavy atom. The van der Waals surface area contributed by atoms with Gasteiger partial charge in [-0.1, -0.05) is 12.1 Å². The Labute approximate surface area is 138 Å². The van der Waals surface area contributed by atoms with Gasteiger partial charge < -0.3 is 4.90 Å². The van der Waals surface area contributed by atoms with Crippen LogP contribution >= 0.6 is 11.3 Å². The van der Waals surface area contributed by atoms with E-state index in [1.807, 2.05) is 29.3 Å². The topological polar surface area (TPSA) is 61.9 Å². The molecule has 1 aliphatic heterocycles. The average Bonchev–Trinajstić information content (AvgIpc) is 3.19. The molecule has 1 N–H and O–H groups in total. The molecule has 23 heavy (non-hydrogen) atoms. The summed E-state index contributed by atoms with van der Waals surface area (Å²) in [5.41, 5.74) is 3.38. The van der Waals surface area contributed by atoms with Crippen molar-refractivity contribution in [2.24, 2.45) is 0 Å². The van der Waals surface area contributed by atoms with Crippen LogP contribution in [0.5, 0.6) is 0 Å². The first kappa shape index (κ1) is 14.4. The highest BCUT2D eigenvalue weighted by atomic mass is 32.1. The van der Waals surface area contributed by atoms with Crippen LogP contribution in [-0.2, 0) is 24.2 Å². The standard InChI is InChI=1S/C17H18N4OS/c22-17(21-9-8-13-12(11-21)10-18-20-13)7-3-6-16-19-14-4-1-2-5-15(14)23-16/h1-2,4-5,10H,3,6-9,11H2,(H,18,20). The Balaban J connectivity index is 1.32. The number of aromatic nitrogens is 3. The van der Waals surface area contributed by atoms with E-state index in [1.54, 1.807) is 11.3 Å². The highest BCUT2D eigenvalue weighted by molar-refractivity contribution is 7.18. The predicted molar refractivity (Wildman–Crippen MR) is 90.3 cm³/mol. The van der Waals surface area contributed by atoms with Crippen molar-refractivity contribution in [2.75, 3.05) is 6.54 Å². The summed E-state index contributed by atoms with van der Waals surface area (Å²) >= 11 is 1.73. The van der Waals surface area contributed by atoms with E-state index in [9.17, 15) is 4.79 Å². The zero-order chi connectivity index (χ0) is 15.6. The van der Waals surface area contributed by atoms with Gasteiger partial charge in [0.15, 0.2) is 0 Å². The van der Waals surface area contributed by atoms with E-state index in [4.69, 9.17) is 0 Å². The molecule has 118 valence electrons. The molecule has 0 spiro atoms. The maximum absolute atomic E-state index is 12.4. The van der Waals surface area contributed by atoms with E-state index in [0.717, 1.165) is 41.9 Å². The number of carbonyl (C=O) groups is 1. The quantitative estimate of drug-likeness (QED) is 0.802. The predicted octanol–water partition coefficient (Wildman–Crippen LogP) is 2.93. The van der Waals surface area contributed by atoms with Crippen LogP contribution in [0, 0.1) is 0 Å². The summed E-state index contributed by atoms with van der Waals surface area (Å²) in [5.74, 6) is 0.234. The SMILES string of the molecule is O=C(CCCc1nc2ccccc2s1)N1CCc2[nH]ncc2C1. The minimum Gasteiger partial charge on any atom is -0.338 e. The van der Waals surface area contributed by atoms with Gasteiger partial charge in [-0.05, 0) is 25.0 Å². The molecule has 0 radical (unpaired) electrons. The van der Waals surface area contributed by atoms with Crippen molar-refractivity contribution in [3.05, 3.63) is 46.7 Å². The lowest BCUT2D eigenvalue weighted by atomic mass is 10.1. The molecule has 6 heteroatoms. The number of aromatic amines is 1. The van der Waals surface area contributed by atoms with Crippen LogP contribution in [-0.4, -0.2) is 32.5 Å². The largest absolute Gasteiger partial charge is 0.338 e. The molecule has 0 atom stereocenters. The zero-order valence-electron chi connectivity index (χ0n) is 12.8. The summed E-state index contributed by atoms with van der Waals surface area (Å²) in [6.07, 6.45) is 5.02. The van der Waals surface area contributed by atoms with E-state index in [0.29, 0.717) is 13.0 Å². The minimum absolute atomic E-state index is 0.234.